The van der Waals surface area contributed by atoms with Crippen LogP contribution in [0.3, 0.4) is 0 Å². The number of carbonyl (C=O) groups is 1. The molecule has 0 radical (unpaired) electrons. The van der Waals surface area contributed by atoms with Gasteiger partial charge in [-0.3, -0.25) is 4.79 Å². The Balaban J connectivity index is 0.000000302. The van der Waals surface area contributed by atoms with Crippen LogP contribution in [0.5, 0.6) is 0 Å². The Kier molecular flexibility index (Phi) is 8.46. The molecule has 0 spiro atoms. The molecule has 1 rings (SSSR count). The van der Waals surface area contributed by atoms with Crippen molar-refractivity contribution in [3.8, 4) is 0 Å². The summed E-state index contributed by atoms with van der Waals surface area (Å²) in [7, 11) is 0. The second kappa shape index (κ2) is 9.02. The molecule has 0 aromatic heterocycles. The molecule has 0 fully saturated rings. The SMILES string of the molecule is CCC(C)C(N)C(=O)O.ClCc1ccccc1. The van der Waals surface area contributed by atoms with Crippen molar-refractivity contribution in [2.24, 2.45) is 11.7 Å². The number of alkyl halides is 1. The Bertz CT molecular complexity index is 316. The fourth-order valence-electron chi connectivity index (χ4n) is 1.06. The largest absolute Gasteiger partial charge is 0.480 e. The highest BCUT2D eigenvalue weighted by atomic mass is 35.5. The van der Waals surface area contributed by atoms with Crippen LogP contribution in [-0.2, 0) is 10.7 Å². The van der Waals surface area contributed by atoms with E-state index < -0.39 is 12.0 Å². The summed E-state index contributed by atoms with van der Waals surface area (Å²) < 4.78 is 0. The Labute approximate surface area is 108 Å². The van der Waals surface area contributed by atoms with E-state index in [1.807, 2.05) is 44.2 Å². The highest BCUT2D eigenvalue weighted by Gasteiger charge is 2.17. The molecule has 0 heterocycles. The zero-order valence-electron chi connectivity index (χ0n) is 10.3. The zero-order valence-corrected chi connectivity index (χ0v) is 11.0. The predicted octanol–water partition coefficient (Wildman–Crippen LogP) is 2.87. The average Bonchev–Trinajstić information content (AvgIpc) is 2.38. The summed E-state index contributed by atoms with van der Waals surface area (Å²) in [6.07, 6.45) is 0.813. The van der Waals surface area contributed by atoms with Gasteiger partial charge in [-0.25, -0.2) is 0 Å². The highest BCUT2D eigenvalue weighted by Crippen LogP contribution is 2.04. The number of hydrogen-bond acceptors (Lipinski definition) is 2. The molecule has 0 aliphatic heterocycles. The first-order valence-corrected chi connectivity index (χ1v) is 6.14. The van der Waals surface area contributed by atoms with Crippen LogP contribution < -0.4 is 5.73 Å². The molecule has 2 unspecified atom stereocenters. The summed E-state index contributed by atoms with van der Waals surface area (Å²) in [6.45, 7) is 3.76. The molecule has 3 N–H and O–H groups in total. The molecular formula is C13H20ClNO2. The third-order valence-electron chi connectivity index (χ3n) is 2.54. The van der Waals surface area contributed by atoms with Gasteiger partial charge in [0, 0.05) is 5.88 Å². The number of carboxylic acid groups (broad SMARTS) is 1. The molecule has 0 saturated carbocycles. The smallest absolute Gasteiger partial charge is 0.320 e. The second-order valence-electron chi connectivity index (χ2n) is 3.87. The van der Waals surface area contributed by atoms with Gasteiger partial charge in [-0.05, 0) is 11.5 Å². The molecule has 1 aromatic rings. The number of hydrogen-bond donors (Lipinski definition) is 2. The third kappa shape index (κ3) is 6.97. The number of halogens is 1. The van der Waals surface area contributed by atoms with Crippen molar-refractivity contribution in [1.29, 1.82) is 0 Å². The van der Waals surface area contributed by atoms with E-state index in [0.29, 0.717) is 5.88 Å². The molecule has 4 heteroatoms. The first kappa shape index (κ1) is 15.9. The first-order valence-electron chi connectivity index (χ1n) is 5.61. The molecule has 0 aliphatic carbocycles. The number of rotatable bonds is 4. The molecular weight excluding hydrogens is 238 g/mol. The van der Waals surface area contributed by atoms with Crippen molar-refractivity contribution in [3.05, 3.63) is 35.9 Å². The van der Waals surface area contributed by atoms with Crippen molar-refractivity contribution < 1.29 is 9.90 Å². The van der Waals surface area contributed by atoms with E-state index in [1.54, 1.807) is 0 Å². The molecule has 3 nitrogen and oxygen atoms in total. The van der Waals surface area contributed by atoms with Crippen LogP contribution in [0, 0.1) is 5.92 Å². The highest BCUT2D eigenvalue weighted by molar-refractivity contribution is 6.17. The molecule has 0 amide bonds. The second-order valence-corrected chi connectivity index (χ2v) is 4.14. The molecule has 0 saturated heterocycles. The van der Waals surface area contributed by atoms with Gasteiger partial charge < -0.3 is 10.8 Å². The van der Waals surface area contributed by atoms with Gasteiger partial charge in [-0.2, -0.15) is 0 Å². The minimum absolute atomic E-state index is 0.0718. The van der Waals surface area contributed by atoms with Crippen LogP contribution in [0.25, 0.3) is 0 Å². The summed E-state index contributed by atoms with van der Waals surface area (Å²) in [4.78, 5) is 10.2. The quantitative estimate of drug-likeness (QED) is 0.816. The lowest BCUT2D eigenvalue weighted by atomic mass is 10.0. The number of benzene rings is 1. The van der Waals surface area contributed by atoms with Gasteiger partial charge in [0.05, 0.1) is 0 Å². The molecule has 0 bridgehead atoms. The summed E-state index contributed by atoms with van der Waals surface area (Å²) in [6, 6.07) is 9.26. The molecule has 17 heavy (non-hydrogen) atoms. The average molecular weight is 258 g/mol. The van der Waals surface area contributed by atoms with E-state index in [1.165, 1.54) is 5.56 Å². The summed E-state index contributed by atoms with van der Waals surface area (Å²) in [5, 5.41) is 8.36. The van der Waals surface area contributed by atoms with Crippen LogP contribution in [-0.4, -0.2) is 17.1 Å². The number of carboxylic acids is 1. The van der Waals surface area contributed by atoms with Gasteiger partial charge in [0.2, 0.25) is 0 Å². The van der Waals surface area contributed by atoms with E-state index in [-0.39, 0.29) is 5.92 Å². The van der Waals surface area contributed by atoms with Crippen molar-refractivity contribution in [1.82, 2.24) is 0 Å². The maximum absolute atomic E-state index is 10.2. The van der Waals surface area contributed by atoms with Gasteiger partial charge in [0.15, 0.2) is 0 Å². The van der Waals surface area contributed by atoms with Gasteiger partial charge in [-0.1, -0.05) is 50.6 Å². The van der Waals surface area contributed by atoms with E-state index >= 15 is 0 Å². The van der Waals surface area contributed by atoms with Crippen LogP contribution in [0.15, 0.2) is 30.3 Å². The maximum atomic E-state index is 10.2. The molecule has 1 aromatic carbocycles. The standard InChI is InChI=1S/C7H7Cl.C6H13NO2/c8-6-7-4-2-1-3-5-7;1-3-4(2)5(7)6(8)9/h1-5H,6H2;4-5H,3,7H2,1-2H3,(H,8,9). The van der Waals surface area contributed by atoms with Gasteiger partial charge in [0.25, 0.3) is 0 Å². The molecule has 0 aliphatic rings. The first-order chi connectivity index (χ1) is 8.02. The van der Waals surface area contributed by atoms with Crippen LogP contribution in [0.1, 0.15) is 25.8 Å². The summed E-state index contributed by atoms with van der Waals surface area (Å²) in [5.41, 5.74) is 6.45. The fraction of sp³-hybridized carbons (Fsp3) is 0.462. The van der Waals surface area contributed by atoms with Gasteiger partial charge >= 0.3 is 5.97 Å². The van der Waals surface area contributed by atoms with E-state index in [2.05, 4.69) is 0 Å². The predicted molar refractivity (Wildman–Crippen MR) is 71.1 cm³/mol. The van der Waals surface area contributed by atoms with Crippen LogP contribution >= 0.6 is 11.6 Å². The van der Waals surface area contributed by atoms with Gasteiger partial charge in [0.1, 0.15) is 6.04 Å². The van der Waals surface area contributed by atoms with E-state index in [9.17, 15) is 4.79 Å². The van der Waals surface area contributed by atoms with Crippen molar-refractivity contribution in [2.45, 2.75) is 32.2 Å². The van der Waals surface area contributed by atoms with E-state index in [4.69, 9.17) is 22.4 Å². The lowest BCUT2D eigenvalue weighted by Crippen LogP contribution is -2.36. The number of nitrogens with two attached hydrogens (primary N) is 1. The zero-order chi connectivity index (χ0) is 13.3. The fourth-order valence-corrected chi connectivity index (χ4v) is 1.24. The van der Waals surface area contributed by atoms with Crippen molar-refractivity contribution in [3.63, 3.8) is 0 Å². The van der Waals surface area contributed by atoms with E-state index in [0.717, 1.165) is 6.42 Å². The van der Waals surface area contributed by atoms with Crippen LogP contribution in [0.2, 0.25) is 0 Å². The van der Waals surface area contributed by atoms with Crippen molar-refractivity contribution >= 4 is 17.6 Å². The van der Waals surface area contributed by atoms with Gasteiger partial charge in [-0.15, -0.1) is 11.6 Å². The third-order valence-corrected chi connectivity index (χ3v) is 2.85. The Morgan fingerprint density at radius 2 is 1.94 bits per heavy atom. The summed E-state index contributed by atoms with van der Waals surface area (Å²) >= 11 is 5.53. The number of aliphatic carboxylic acids is 1. The monoisotopic (exact) mass is 257 g/mol. The minimum Gasteiger partial charge on any atom is -0.480 e. The van der Waals surface area contributed by atoms with Crippen LogP contribution in [0.4, 0.5) is 0 Å². The maximum Gasteiger partial charge on any atom is 0.320 e. The minimum atomic E-state index is -0.913. The summed E-state index contributed by atoms with van der Waals surface area (Å²) in [5.74, 6) is -0.229. The van der Waals surface area contributed by atoms with Crippen molar-refractivity contribution in [2.75, 3.05) is 0 Å². The molecule has 96 valence electrons. The lowest BCUT2D eigenvalue weighted by molar-refractivity contribution is -0.139. The Hall–Kier alpha value is -1.06. The normalized spacial score (nSPS) is 13.2. The molecule has 2 atom stereocenters. The lowest BCUT2D eigenvalue weighted by Gasteiger charge is -2.11. The Morgan fingerprint density at radius 1 is 1.41 bits per heavy atom. The Morgan fingerprint density at radius 3 is 2.18 bits per heavy atom. The topological polar surface area (TPSA) is 63.3 Å².